The van der Waals surface area contributed by atoms with Crippen LogP contribution < -0.4 is 30.4 Å². The first kappa shape index (κ1) is 90.5. The van der Waals surface area contributed by atoms with Crippen molar-refractivity contribution < 1.29 is 98.9 Å². The van der Waals surface area contributed by atoms with Gasteiger partial charge in [-0.3, -0.25) is 29.8 Å². The van der Waals surface area contributed by atoms with E-state index in [2.05, 4.69) is 56.5 Å². The Morgan fingerprint density at radius 2 is 0.811 bits per heavy atom. The van der Waals surface area contributed by atoms with Crippen molar-refractivity contribution >= 4 is 150 Å². The maximum absolute atomic E-state index is 13.3. The Bertz CT molecular complexity index is 5800. The number of aromatic amines is 3. The van der Waals surface area contributed by atoms with Crippen LogP contribution in [-0.4, -0.2) is 182 Å². The number of rotatable bonds is 30. The number of carboxylic acids is 1. The number of nitrogens with two attached hydrogens (primary N) is 2. The molecule has 2 amide bonds. The molecule has 0 radical (unpaired) electrons. The second-order valence-corrected chi connectivity index (χ2v) is 28.3. The monoisotopic (exact) mass is 1740 g/mol. The Kier molecular flexibility index (Phi) is 32.5. The zero-order valence-electron chi connectivity index (χ0n) is 67.3. The van der Waals surface area contributed by atoms with Crippen molar-refractivity contribution in [2.75, 3.05) is 84.4 Å². The first-order valence-electron chi connectivity index (χ1n) is 38.5. The number of amides is 2. The van der Waals surface area contributed by atoms with Crippen LogP contribution in [0.4, 0.5) is 22.4 Å². The highest BCUT2D eigenvalue weighted by Gasteiger charge is 2.29. The van der Waals surface area contributed by atoms with Crippen molar-refractivity contribution in [2.24, 2.45) is 11.5 Å². The maximum Gasteiger partial charge on any atom is 0.435 e. The minimum absolute atomic E-state index is 0.00272. The molecule has 28 nitrogen and oxygen atoms in total. The van der Waals surface area contributed by atoms with Gasteiger partial charge in [0.2, 0.25) is 11.8 Å². The number of benzene rings is 8. The Balaban J connectivity index is 0.000000171. The summed E-state index contributed by atoms with van der Waals surface area (Å²) in [6.07, 6.45) is 13.3. The van der Waals surface area contributed by atoms with Crippen molar-refractivity contribution in [3.05, 3.63) is 236 Å². The summed E-state index contributed by atoms with van der Waals surface area (Å²) in [5.41, 5.74) is 17.8. The maximum atomic E-state index is 13.3. The van der Waals surface area contributed by atoms with E-state index in [0.29, 0.717) is 103 Å². The molecule has 8 N–H and O–H groups in total. The average Bonchev–Trinajstić information content (AvgIpc) is 1.61. The Labute approximate surface area is 705 Å². The van der Waals surface area contributed by atoms with Crippen molar-refractivity contribution in [3.8, 4) is 23.0 Å². The van der Waals surface area contributed by atoms with Gasteiger partial charge in [0.1, 0.15) is 80.7 Å². The summed E-state index contributed by atoms with van der Waals surface area (Å²) in [4.78, 5) is 86.4. The quantitative estimate of drug-likeness (QED) is 0.0105. The number of nitrogens with zero attached hydrogens (tertiary/aromatic N) is 6. The number of esters is 3. The van der Waals surface area contributed by atoms with Crippen molar-refractivity contribution in [1.82, 2.24) is 45.3 Å². The van der Waals surface area contributed by atoms with E-state index >= 15 is 0 Å². The molecule has 0 spiro atoms. The van der Waals surface area contributed by atoms with Crippen LogP contribution >= 0.6 is 15.9 Å². The molecule has 33 heteroatoms. The molecule has 0 unspecified atom stereocenters. The molecule has 4 aromatic heterocycles. The van der Waals surface area contributed by atoms with Crippen molar-refractivity contribution in [2.45, 2.75) is 60.0 Å². The van der Waals surface area contributed by atoms with E-state index in [9.17, 15) is 56.2 Å². The minimum Gasteiger partial charge on any atom is -0.491 e. The molecular formula is C89H88BrF4N11O17. The first-order valence-corrected chi connectivity index (χ1v) is 39.6. The molecule has 13 rings (SSSR count). The number of carbonyl (C=O) groups excluding carboxylic acids is 6. The standard InChI is InChI=1S/C25H26BrFN2O5.C24H26FN3O4.C21H20FN3O4.C19H16FN3O4/c1-5-32-23(30)18-11-13-20-21(22(18)33-15-14-26)19(12-8-16-6-9-17(27)10-7-16)28-29(20)24(31)34-25(2,3)4;1-2-31-24(29)19-8-10-21-22(23(19)32-16-13-28-11-14-30-15-12-28)20(26-27-21)9-5-17-3-6-18(25)7-4-17;1-2-28-21(27)15-8-10-17-19(20(15)29-12-11-18(23)26)16(24-25-17)9-5-13-3-6-14(22)7-4-13;20-12-4-1-11(2-5-12)3-7-14-17-15(23-22-14)8-6-13(19(25)26)18(17)27-10-9-16(21)24/h6-13H,5,14-15H2,1-4H3;3-10H,2,11-16H2,1H3,(H,26,27);3-10H,2,11-12H2,1H3,(H2,23,26)(H,24,25);1-8H,9-10H2,(H2,21,24)(H,22,23)(H,25,26)/b12-8+;2*9-5+;7-3+. The van der Waals surface area contributed by atoms with Gasteiger partial charge >= 0.3 is 30.0 Å². The smallest absolute Gasteiger partial charge is 0.435 e. The number of aromatic carboxylic acids is 1. The normalized spacial score (nSPS) is 12.3. The van der Waals surface area contributed by atoms with Gasteiger partial charge in [-0.05, 0) is 185 Å². The molecule has 1 saturated heterocycles. The lowest BCUT2D eigenvalue weighted by atomic mass is 10.1. The fraction of sp³-hybridized carbons (Fsp3) is 0.247. The van der Waals surface area contributed by atoms with Crippen LogP contribution in [0.5, 0.6) is 23.0 Å². The number of primary amides is 2. The zero-order chi connectivity index (χ0) is 87.4. The van der Waals surface area contributed by atoms with Crippen LogP contribution in [0.1, 0.15) is 141 Å². The third-order valence-corrected chi connectivity index (χ3v) is 18.1. The van der Waals surface area contributed by atoms with Gasteiger partial charge in [-0.25, -0.2) is 41.5 Å². The lowest BCUT2D eigenvalue weighted by Gasteiger charge is -2.26. The number of carboxylic acid groups (broad SMARTS) is 1. The van der Waals surface area contributed by atoms with E-state index < -0.39 is 47.4 Å². The fourth-order valence-corrected chi connectivity index (χ4v) is 12.2. The SMILES string of the molecule is CCOC(=O)c1ccc2c(c(/C=C/c3ccc(F)cc3)nn2C(=O)OC(C)(C)C)c1OCCBr.CCOC(=O)c1ccc2n[nH]c(/C=C/c3ccc(F)cc3)c2c1OCCC(N)=O.CCOC(=O)c1ccc2n[nH]c(/C=C/c3ccc(F)cc3)c2c1OCCN1CCOCC1.NC(=O)CCOc1c(C(=O)O)ccc2n[nH]c(/C=C/c3ccc(F)cc3)c12. The van der Waals surface area contributed by atoms with E-state index in [4.69, 9.17) is 54.1 Å². The van der Waals surface area contributed by atoms with Crippen LogP contribution in [-0.2, 0) is 33.3 Å². The number of carbonyl (C=O) groups is 7. The fourth-order valence-electron chi connectivity index (χ4n) is 12.1. The Hall–Kier alpha value is -13.8. The number of nitrogens with one attached hydrogen (secondary N) is 3. The second kappa shape index (κ2) is 43.8. The van der Waals surface area contributed by atoms with Crippen LogP contribution in [0.25, 0.3) is 92.2 Å². The zero-order valence-corrected chi connectivity index (χ0v) is 68.9. The molecule has 0 bridgehead atoms. The molecule has 0 aliphatic carbocycles. The molecule has 12 aromatic rings. The number of aromatic nitrogens is 8. The van der Waals surface area contributed by atoms with Gasteiger partial charge in [0.05, 0.1) is 132 Å². The molecule has 122 heavy (non-hydrogen) atoms. The number of morpholine rings is 1. The predicted molar refractivity (Wildman–Crippen MR) is 456 cm³/mol. The highest BCUT2D eigenvalue weighted by molar-refractivity contribution is 9.09. The molecule has 1 aliphatic rings. The van der Waals surface area contributed by atoms with E-state index in [0.717, 1.165) is 46.6 Å². The summed E-state index contributed by atoms with van der Waals surface area (Å²) >= 11 is 3.33. The summed E-state index contributed by atoms with van der Waals surface area (Å²) in [7, 11) is 0. The number of fused-ring (bicyclic) bond motifs is 4. The molecule has 1 aliphatic heterocycles. The number of halogens is 5. The van der Waals surface area contributed by atoms with Gasteiger partial charge in [-0.15, -0.1) is 0 Å². The summed E-state index contributed by atoms with van der Waals surface area (Å²) in [6.45, 7) is 15.6. The van der Waals surface area contributed by atoms with Gasteiger partial charge in [-0.2, -0.15) is 25.1 Å². The summed E-state index contributed by atoms with van der Waals surface area (Å²) < 4.78 is 104. The Morgan fingerprint density at radius 3 is 1.17 bits per heavy atom. The molecule has 1 fully saturated rings. The number of hydrogen-bond donors (Lipinski definition) is 6. The van der Waals surface area contributed by atoms with Gasteiger partial charge in [0.15, 0.2) is 0 Å². The molecule has 0 saturated carbocycles. The van der Waals surface area contributed by atoms with Gasteiger partial charge < -0.3 is 59.2 Å². The molecule has 8 aromatic carbocycles. The van der Waals surface area contributed by atoms with Crippen LogP contribution in [0.2, 0.25) is 0 Å². The second-order valence-electron chi connectivity index (χ2n) is 27.5. The van der Waals surface area contributed by atoms with Gasteiger partial charge in [0.25, 0.3) is 0 Å². The van der Waals surface area contributed by atoms with Crippen molar-refractivity contribution in [3.63, 3.8) is 0 Å². The lowest BCUT2D eigenvalue weighted by Crippen LogP contribution is -2.38. The largest absolute Gasteiger partial charge is 0.491 e. The highest BCUT2D eigenvalue weighted by Crippen LogP contribution is 2.39. The third-order valence-electron chi connectivity index (χ3n) is 17.7. The molecule has 5 heterocycles. The lowest BCUT2D eigenvalue weighted by molar-refractivity contribution is -0.119. The molecular weight excluding hydrogens is 1650 g/mol. The third kappa shape index (κ3) is 24.9. The minimum atomic E-state index is -1.17. The van der Waals surface area contributed by atoms with Crippen LogP contribution in [0.15, 0.2) is 146 Å². The summed E-state index contributed by atoms with van der Waals surface area (Å²) in [6, 6.07) is 36.8. The van der Waals surface area contributed by atoms with Crippen LogP contribution in [0, 0.1) is 23.3 Å². The predicted octanol–water partition coefficient (Wildman–Crippen LogP) is 16.0. The van der Waals surface area contributed by atoms with Crippen LogP contribution in [0.3, 0.4) is 0 Å². The van der Waals surface area contributed by atoms with E-state index in [1.165, 1.54) is 54.6 Å². The number of hydrogen-bond acceptors (Lipinski definition) is 21. The molecule has 0 atom stereocenters. The summed E-state index contributed by atoms with van der Waals surface area (Å²) in [5, 5.41) is 38.1. The van der Waals surface area contributed by atoms with Crippen molar-refractivity contribution in [1.29, 1.82) is 0 Å². The van der Waals surface area contributed by atoms with E-state index in [1.54, 1.807) is 169 Å². The van der Waals surface area contributed by atoms with Gasteiger partial charge in [-0.1, -0.05) is 88.8 Å². The molecule has 636 valence electrons. The Morgan fingerprint density at radius 1 is 0.467 bits per heavy atom. The number of H-pyrrole nitrogens is 3. The van der Waals surface area contributed by atoms with Gasteiger partial charge in [0, 0.05) is 25.0 Å². The number of ether oxygens (including phenoxy) is 9. The van der Waals surface area contributed by atoms with E-state index in [-0.39, 0.29) is 110 Å². The van der Waals surface area contributed by atoms with E-state index in [1.807, 2.05) is 12.2 Å². The highest BCUT2D eigenvalue weighted by atomic mass is 79.9. The summed E-state index contributed by atoms with van der Waals surface area (Å²) in [5.74, 6) is -3.99. The first-order chi connectivity index (χ1) is 58.7. The topological polar surface area (TPSA) is 382 Å². The number of alkyl halides is 1. The average molecular weight is 1740 g/mol.